The minimum absolute atomic E-state index is 0.391. The van der Waals surface area contributed by atoms with Crippen molar-refractivity contribution in [1.29, 1.82) is 0 Å². The molecule has 1 aliphatic heterocycles. The Bertz CT molecular complexity index is 277. The van der Waals surface area contributed by atoms with Gasteiger partial charge in [-0.3, -0.25) is 5.73 Å². The van der Waals surface area contributed by atoms with E-state index in [9.17, 15) is 0 Å². The van der Waals surface area contributed by atoms with Gasteiger partial charge in [0.15, 0.2) is 0 Å². The molecule has 0 saturated carbocycles. The summed E-state index contributed by atoms with van der Waals surface area (Å²) in [6.07, 6.45) is 2.62. The van der Waals surface area contributed by atoms with Crippen LogP contribution in [0.15, 0.2) is 24.3 Å². The molecular formula is C11H15N2. The largest absolute Gasteiger partial charge is 0.372 e. The van der Waals surface area contributed by atoms with E-state index in [0.29, 0.717) is 6.54 Å². The average molecular weight is 175 g/mol. The minimum atomic E-state index is 0.391. The Labute approximate surface area is 79.4 Å². The van der Waals surface area contributed by atoms with Crippen molar-refractivity contribution in [2.45, 2.75) is 19.4 Å². The van der Waals surface area contributed by atoms with Gasteiger partial charge in [-0.25, -0.2) is 0 Å². The summed E-state index contributed by atoms with van der Waals surface area (Å²) in [5.41, 5.74) is 9.70. The first kappa shape index (κ1) is 8.57. The van der Waals surface area contributed by atoms with Crippen molar-refractivity contribution in [3.63, 3.8) is 0 Å². The summed E-state index contributed by atoms with van der Waals surface area (Å²) in [5.74, 6) is 0. The number of hydrogen-bond acceptors (Lipinski definition) is 1. The third-order valence-electron chi connectivity index (χ3n) is 2.59. The summed E-state index contributed by atoms with van der Waals surface area (Å²) in [7, 11) is 0. The van der Waals surface area contributed by atoms with Crippen molar-refractivity contribution in [3.8, 4) is 0 Å². The second-order valence-corrected chi connectivity index (χ2v) is 3.54. The Balaban J connectivity index is 2.18. The molecule has 2 rings (SSSR count). The Morgan fingerprint density at radius 1 is 1.23 bits per heavy atom. The van der Waals surface area contributed by atoms with E-state index >= 15 is 0 Å². The van der Waals surface area contributed by atoms with Crippen LogP contribution in [0.3, 0.4) is 0 Å². The SMILES string of the molecule is [NH]Cc1cccc(N2CCCC2)c1. The van der Waals surface area contributed by atoms with Crippen molar-refractivity contribution in [2.75, 3.05) is 18.0 Å². The van der Waals surface area contributed by atoms with Gasteiger partial charge in [-0.1, -0.05) is 12.1 Å². The summed E-state index contributed by atoms with van der Waals surface area (Å²) in [6.45, 7) is 2.75. The lowest BCUT2D eigenvalue weighted by molar-refractivity contribution is 0.949. The molecule has 13 heavy (non-hydrogen) atoms. The van der Waals surface area contributed by atoms with Gasteiger partial charge in [0.25, 0.3) is 0 Å². The van der Waals surface area contributed by atoms with Crippen LogP contribution in [0.2, 0.25) is 0 Å². The zero-order chi connectivity index (χ0) is 9.10. The van der Waals surface area contributed by atoms with Crippen molar-refractivity contribution < 1.29 is 0 Å². The summed E-state index contributed by atoms with van der Waals surface area (Å²) < 4.78 is 0. The summed E-state index contributed by atoms with van der Waals surface area (Å²) in [5, 5.41) is 0. The maximum absolute atomic E-state index is 7.29. The van der Waals surface area contributed by atoms with Crippen LogP contribution in [0, 0.1) is 0 Å². The fraction of sp³-hybridized carbons (Fsp3) is 0.455. The van der Waals surface area contributed by atoms with E-state index in [1.54, 1.807) is 0 Å². The van der Waals surface area contributed by atoms with Gasteiger partial charge in [0, 0.05) is 25.3 Å². The number of rotatable bonds is 2. The van der Waals surface area contributed by atoms with Gasteiger partial charge in [0.1, 0.15) is 0 Å². The second-order valence-electron chi connectivity index (χ2n) is 3.54. The highest BCUT2D eigenvalue weighted by Crippen LogP contribution is 2.20. The maximum Gasteiger partial charge on any atom is 0.0369 e. The average Bonchev–Trinajstić information content (AvgIpc) is 2.71. The first-order valence-corrected chi connectivity index (χ1v) is 4.88. The lowest BCUT2D eigenvalue weighted by Crippen LogP contribution is -2.17. The highest BCUT2D eigenvalue weighted by Gasteiger charge is 2.11. The van der Waals surface area contributed by atoms with Gasteiger partial charge in [0.2, 0.25) is 0 Å². The number of anilines is 1. The van der Waals surface area contributed by atoms with Crippen LogP contribution in [0.5, 0.6) is 0 Å². The highest BCUT2D eigenvalue weighted by atomic mass is 15.1. The van der Waals surface area contributed by atoms with Gasteiger partial charge in [-0.15, -0.1) is 0 Å². The summed E-state index contributed by atoms with van der Waals surface area (Å²) >= 11 is 0. The molecule has 69 valence electrons. The molecule has 1 N–H and O–H groups in total. The zero-order valence-electron chi connectivity index (χ0n) is 7.79. The van der Waals surface area contributed by atoms with E-state index in [4.69, 9.17) is 5.73 Å². The molecule has 0 amide bonds. The lowest BCUT2D eigenvalue weighted by atomic mass is 10.2. The van der Waals surface area contributed by atoms with Crippen molar-refractivity contribution in [3.05, 3.63) is 29.8 Å². The normalized spacial score (nSPS) is 16.5. The molecule has 2 heteroatoms. The molecule has 0 spiro atoms. The van der Waals surface area contributed by atoms with Crippen LogP contribution in [0.25, 0.3) is 0 Å². The number of benzene rings is 1. The van der Waals surface area contributed by atoms with Crippen LogP contribution < -0.4 is 10.6 Å². The molecule has 1 saturated heterocycles. The van der Waals surface area contributed by atoms with E-state index in [1.807, 2.05) is 6.07 Å². The summed E-state index contributed by atoms with van der Waals surface area (Å²) in [6, 6.07) is 8.35. The Morgan fingerprint density at radius 2 is 2.00 bits per heavy atom. The number of nitrogens with zero attached hydrogens (tertiary/aromatic N) is 1. The molecule has 1 aromatic carbocycles. The first-order chi connectivity index (χ1) is 6.40. The molecule has 1 aromatic rings. The van der Waals surface area contributed by atoms with Crippen LogP contribution in [-0.2, 0) is 6.54 Å². The molecule has 1 heterocycles. The van der Waals surface area contributed by atoms with Gasteiger partial charge in [0.05, 0.1) is 0 Å². The lowest BCUT2D eigenvalue weighted by Gasteiger charge is -2.17. The molecule has 1 aliphatic rings. The minimum Gasteiger partial charge on any atom is -0.372 e. The van der Waals surface area contributed by atoms with E-state index < -0.39 is 0 Å². The zero-order valence-corrected chi connectivity index (χ0v) is 7.79. The molecule has 0 bridgehead atoms. The first-order valence-electron chi connectivity index (χ1n) is 4.88. The number of nitrogens with one attached hydrogen (secondary N) is 1. The van der Waals surface area contributed by atoms with Crippen LogP contribution in [0.4, 0.5) is 5.69 Å². The highest BCUT2D eigenvalue weighted by molar-refractivity contribution is 5.49. The fourth-order valence-corrected chi connectivity index (χ4v) is 1.84. The quantitative estimate of drug-likeness (QED) is 0.676. The van der Waals surface area contributed by atoms with Crippen molar-refractivity contribution >= 4 is 5.69 Å². The van der Waals surface area contributed by atoms with E-state index in [-0.39, 0.29) is 0 Å². The van der Waals surface area contributed by atoms with Crippen LogP contribution in [0.1, 0.15) is 18.4 Å². The van der Waals surface area contributed by atoms with E-state index in [2.05, 4.69) is 23.1 Å². The Morgan fingerprint density at radius 3 is 2.69 bits per heavy atom. The molecular weight excluding hydrogens is 160 g/mol. The molecule has 0 unspecified atom stereocenters. The Kier molecular flexibility index (Phi) is 2.50. The topological polar surface area (TPSA) is 27.0 Å². The Hall–Kier alpha value is -1.02. The molecule has 0 aromatic heterocycles. The molecule has 1 fully saturated rings. The smallest absolute Gasteiger partial charge is 0.0369 e. The van der Waals surface area contributed by atoms with Crippen LogP contribution in [-0.4, -0.2) is 13.1 Å². The van der Waals surface area contributed by atoms with Crippen molar-refractivity contribution in [1.82, 2.24) is 5.73 Å². The van der Waals surface area contributed by atoms with Crippen LogP contribution >= 0.6 is 0 Å². The standard InChI is InChI=1S/C11H15N2/c12-9-10-4-3-5-11(8-10)13-6-1-2-7-13/h3-5,8,12H,1-2,6-7,9H2. The van der Waals surface area contributed by atoms with Gasteiger partial charge < -0.3 is 4.90 Å². The second kappa shape index (κ2) is 3.79. The monoisotopic (exact) mass is 175 g/mol. The van der Waals surface area contributed by atoms with E-state index in [0.717, 1.165) is 5.56 Å². The van der Waals surface area contributed by atoms with Gasteiger partial charge in [-0.2, -0.15) is 0 Å². The molecule has 2 nitrogen and oxygen atoms in total. The molecule has 1 radical (unpaired) electrons. The fourth-order valence-electron chi connectivity index (χ4n) is 1.84. The van der Waals surface area contributed by atoms with E-state index in [1.165, 1.54) is 31.6 Å². The predicted molar refractivity (Wildman–Crippen MR) is 54.7 cm³/mol. The van der Waals surface area contributed by atoms with Gasteiger partial charge >= 0.3 is 0 Å². The van der Waals surface area contributed by atoms with Crippen molar-refractivity contribution in [2.24, 2.45) is 0 Å². The molecule has 0 aliphatic carbocycles. The summed E-state index contributed by atoms with van der Waals surface area (Å²) in [4.78, 5) is 2.40. The predicted octanol–water partition coefficient (Wildman–Crippen LogP) is 2.07. The third kappa shape index (κ3) is 1.83. The van der Waals surface area contributed by atoms with Gasteiger partial charge in [-0.05, 0) is 30.5 Å². The maximum atomic E-state index is 7.29. The molecule has 0 atom stereocenters. The third-order valence-corrected chi connectivity index (χ3v) is 2.59. The number of hydrogen-bond donors (Lipinski definition) is 0.